The Morgan fingerprint density at radius 1 is 1.13 bits per heavy atom. The minimum atomic E-state index is -0.616. The molecule has 1 unspecified atom stereocenters. The summed E-state index contributed by atoms with van der Waals surface area (Å²) < 4.78 is 5.70. The number of benzene rings is 2. The molecule has 6 heteroatoms. The number of hydrogen-bond acceptors (Lipinski definition) is 3. The number of rotatable bonds is 8. The van der Waals surface area contributed by atoms with Crippen LogP contribution in [-0.4, -0.2) is 35.4 Å². The van der Waals surface area contributed by atoms with E-state index in [1.54, 1.807) is 17.9 Å². The highest BCUT2D eigenvalue weighted by Crippen LogP contribution is 2.19. The maximum Gasteiger partial charge on any atom is 0.261 e. The summed E-state index contributed by atoms with van der Waals surface area (Å²) in [4.78, 5) is 27.6. The molecule has 0 aromatic heterocycles. The van der Waals surface area contributed by atoms with Crippen LogP contribution in [0.15, 0.2) is 48.5 Å². The molecule has 31 heavy (non-hydrogen) atoms. The molecule has 0 radical (unpaired) electrons. The average molecular weight is 443 g/mol. The molecule has 2 aromatic rings. The molecule has 2 aromatic carbocycles. The zero-order valence-electron chi connectivity index (χ0n) is 18.3. The Balaban J connectivity index is 1.70. The lowest BCUT2D eigenvalue weighted by molar-refractivity contribution is -0.142. The standard InChI is InChI=1S/C25H31ClN2O3/c1-18-11-13-23(14-12-18)31-17-24(29)28(16-20-7-6-8-21(26)15-20)19(2)25(30)27-22-9-4-3-5-10-22/h6-8,11-15,19,22H,3-5,9-10,16-17H2,1-2H3,(H,27,30). The second kappa shape index (κ2) is 11.2. The Labute approximate surface area is 189 Å². The molecule has 166 valence electrons. The molecule has 0 aliphatic heterocycles. The lowest BCUT2D eigenvalue weighted by atomic mass is 9.95. The van der Waals surface area contributed by atoms with E-state index in [1.165, 1.54) is 6.42 Å². The Hall–Kier alpha value is -2.53. The molecule has 1 atom stereocenters. The fraction of sp³-hybridized carbons (Fsp3) is 0.440. The summed E-state index contributed by atoms with van der Waals surface area (Å²) in [6, 6.07) is 14.5. The van der Waals surface area contributed by atoms with Crippen LogP contribution in [0.5, 0.6) is 5.75 Å². The molecule has 1 saturated carbocycles. The van der Waals surface area contributed by atoms with Gasteiger partial charge in [0.2, 0.25) is 5.91 Å². The fourth-order valence-electron chi connectivity index (χ4n) is 3.85. The fourth-order valence-corrected chi connectivity index (χ4v) is 4.06. The number of halogens is 1. The quantitative estimate of drug-likeness (QED) is 0.633. The molecule has 3 rings (SSSR count). The van der Waals surface area contributed by atoms with Gasteiger partial charge in [-0.3, -0.25) is 9.59 Å². The van der Waals surface area contributed by atoms with Gasteiger partial charge in [0.05, 0.1) is 0 Å². The van der Waals surface area contributed by atoms with Gasteiger partial charge in [0.1, 0.15) is 11.8 Å². The molecule has 1 fully saturated rings. The van der Waals surface area contributed by atoms with Gasteiger partial charge < -0.3 is 15.0 Å². The molecule has 0 heterocycles. The molecule has 0 spiro atoms. The number of nitrogens with zero attached hydrogens (tertiary/aromatic N) is 1. The highest BCUT2D eigenvalue weighted by atomic mass is 35.5. The van der Waals surface area contributed by atoms with Gasteiger partial charge in [-0.25, -0.2) is 0 Å². The van der Waals surface area contributed by atoms with E-state index in [-0.39, 0.29) is 31.0 Å². The van der Waals surface area contributed by atoms with Gasteiger partial charge in [-0.15, -0.1) is 0 Å². The Morgan fingerprint density at radius 3 is 2.52 bits per heavy atom. The number of carbonyl (C=O) groups excluding carboxylic acids is 2. The monoisotopic (exact) mass is 442 g/mol. The van der Waals surface area contributed by atoms with Gasteiger partial charge in [-0.1, -0.05) is 60.7 Å². The number of amides is 2. The number of carbonyl (C=O) groups is 2. The van der Waals surface area contributed by atoms with Crippen LogP contribution >= 0.6 is 11.6 Å². The van der Waals surface area contributed by atoms with Crippen molar-refractivity contribution in [1.82, 2.24) is 10.2 Å². The highest BCUT2D eigenvalue weighted by Gasteiger charge is 2.28. The van der Waals surface area contributed by atoms with Crippen molar-refractivity contribution < 1.29 is 14.3 Å². The van der Waals surface area contributed by atoms with Crippen molar-refractivity contribution >= 4 is 23.4 Å². The van der Waals surface area contributed by atoms with E-state index in [4.69, 9.17) is 16.3 Å². The number of nitrogens with one attached hydrogen (secondary N) is 1. The molecule has 5 nitrogen and oxygen atoms in total. The second-order valence-corrected chi connectivity index (χ2v) is 8.71. The smallest absolute Gasteiger partial charge is 0.261 e. The first-order valence-electron chi connectivity index (χ1n) is 11.0. The molecule has 1 N–H and O–H groups in total. The van der Waals surface area contributed by atoms with Gasteiger partial charge in [0.25, 0.3) is 5.91 Å². The first-order chi connectivity index (χ1) is 14.9. The van der Waals surface area contributed by atoms with Crippen molar-refractivity contribution in [2.75, 3.05) is 6.61 Å². The van der Waals surface area contributed by atoms with Crippen LogP contribution in [0.2, 0.25) is 5.02 Å². The third-order valence-electron chi connectivity index (χ3n) is 5.74. The maximum absolute atomic E-state index is 13.1. The molecule has 1 aliphatic carbocycles. The van der Waals surface area contributed by atoms with Crippen molar-refractivity contribution in [2.45, 2.75) is 64.6 Å². The van der Waals surface area contributed by atoms with E-state index in [0.717, 1.165) is 36.8 Å². The number of hydrogen-bond donors (Lipinski definition) is 1. The number of aryl methyl sites for hydroxylation is 1. The van der Waals surface area contributed by atoms with Crippen molar-refractivity contribution in [3.63, 3.8) is 0 Å². The summed E-state index contributed by atoms with van der Waals surface area (Å²) in [6.45, 7) is 3.92. The lowest BCUT2D eigenvalue weighted by Crippen LogP contribution is -2.51. The predicted molar refractivity (Wildman–Crippen MR) is 123 cm³/mol. The molecule has 0 bridgehead atoms. The lowest BCUT2D eigenvalue weighted by Gasteiger charge is -2.31. The largest absolute Gasteiger partial charge is 0.484 e. The third-order valence-corrected chi connectivity index (χ3v) is 5.98. The van der Waals surface area contributed by atoms with Gasteiger partial charge >= 0.3 is 0 Å². The maximum atomic E-state index is 13.1. The van der Waals surface area contributed by atoms with E-state index in [0.29, 0.717) is 10.8 Å². The van der Waals surface area contributed by atoms with Crippen LogP contribution in [0, 0.1) is 6.92 Å². The first kappa shape index (κ1) is 23.1. The Kier molecular flexibility index (Phi) is 8.35. The molecular formula is C25H31ClN2O3. The van der Waals surface area contributed by atoms with E-state index in [2.05, 4.69) is 5.32 Å². The summed E-state index contributed by atoms with van der Waals surface area (Å²) in [7, 11) is 0. The normalized spacial score (nSPS) is 15.2. The summed E-state index contributed by atoms with van der Waals surface area (Å²) in [6.07, 6.45) is 5.48. The van der Waals surface area contributed by atoms with Crippen LogP contribution < -0.4 is 10.1 Å². The van der Waals surface area contributed by atoms with Crippen LogP contribution in [0.25, 0.3) is 0 Å². The van der Waals surface area contributed by atoms with E-state index in [9.17, 15) is 9.59 Å². The van der Waals surface area contributed by atoms with Crippen LogP contribution in [0.4, 0.5) is 0 Å². The zero-order chi connectivity index (χ0) is 22.2. The number of ether oxygens (including phenoxy) is 1. The zero-order valence-corrected chi connectivity index (χ0v) is 19.0. The van der Waals surface area contributed by atoms with Crippen LogP contribution in [0.3, 0.4) is 0 Å². The summed E-state index contributed by atoms with van der Waals surface area (Å²) in [5, 5.41) is 3.73. The molecular weight excluding hydrogens is 412 g/mol. The summed E-state index contributed by atoms with van der Waals surface area (Å²) >= 11 is 6.13. The third kappa shape index (κ3) is 7.00. The molecule has 0 saturated heterocycles. The van der Waals surface area contributed by atoms with Crippen molar-refractivity contribution in [3.05, 3.63) is 64.7 Å². The van der Waals surface area contributed by atoms with Crippen LogP contribution in [0.1, 0.15) is 50.2 Å². The van der Waals surface area contributed by atoms with Gasteiger partial charge in [0.15, 0.2) is 6.61 Å². The first-order valence-corrected chi connectivity index (χ1v) is 11.3. The topological polar surface area (TPSA) is 58.6 Å². The minimum absolute atomic E-state index is 0.127. The summed E-state index contributed by atoms with van der Waals surface area (Å²) in [5.41, 5.74) is 1.99. The predicted octanol–water partition coefficient (Wildman–Crippen LogP) is 4.89. The van der Waals surface area contributed by atoms with Gasteiger partial charge in [0, 0.05) is 17.6 Å². The average Bonchev–Trinajstić information content (AvgIpc) is 2.77. The van der Waals surface area contributed by atoms with Crippen molar-refractivity contribution in [1.29, 1.82) is 0 Å². The van der Waals surface area contributed by atoms with Crippen LogP contribution in [-0.2, 0) is 16.1 Å². The molecule has 1 aliphatic rings. The Morgan fingerprint density at radius 2 is 1.84 bits per heavy atom. The highest BCUT2D eigenvalue weighted by molar-refractivity contribution is 6.30. The van der Waals surface area contributed by atoms with E-state index < -0.39 is 6.04 Å². The van der Waals surface area contributed by atoms with E-state index in [1.807, 2.05) is 49.4 Å². The SMILES string of the molecule is Cc1ccc(OCC(=O)N(Cc2cccc(Cl)c2)C(C)C(=O)NC2CCCCC2)cc1. The van der Waals surface area contributed by atoms with Gasteiger partial charge in [-0.2, -0.15) is 0 Å². The van der Waals surface area contributed by atoms with Crippen molar-refractivity contribution in [2.24, 2.45) is 0 Å². The summed E-state index contributed by atoms with van der Waals surface area (Å²) in [5.74, 6) is 0.255. The van der Waals surface area contributed by atoms with Crippen molar-refractivity contribution in [3.8, 4) is 5.75 Å². The molecule has 2 amide bonds. The minimum Gasteiger partial charge on any atom is -0.484 e. The second-order valence-electron chi connectivity index (χ2n) is 8.27. The Bertz CT molecular complexity index is 879. The van der Waals surface area contributed by atoms with E-state index >= 15 is 0 Å². The van der Waals surface area contributed by atoms with Gasteiger partial charge in [-0.05, 0) is 56.5 Å².